The summed E-state index contributed by atoms with van der Waals surface area (Å²) in [6, 6.07) is 11.7. The van der Waals surface area contributed by atoms with Crippen molar-refractivity contribution in [2.24, 2.45) is 0 Å². The van der Waals surface area contributed by atoms with Crippen molar-refractivity contribution < 1.29 is 23.1 Å². The van der Waals surface area contributed by atoms with E-state index in [4.69, 9.17) is 0 Å². The summed E-state index contributed by atoms with van der Waals surface area (Å²) < 4.78 is 27.0. The number of anilines is 1. The molecule has 28 heavy (non-hydrogen) atoms. The zero-order valence-corrected chi connectivity index (χ0v) is 16.7. The summed E-state index contributed by atoms with van der Waals surface area (Å²) in [5.41, 5.74) is 0.385. The molecule has 7 nitrogen and oxygen atoms in total. The van der Waals surface area contributed by atoms with Crippen molar-refractivity contribution in [2.45, 2.75) is 31.6 Å². The Balaban J connectivity index is 2.22. The van der Waals surface area contributed by atoms with E-state index in [0.717, 1.165) is 0 Å². The van der Waals surface area contributed by atoms with Crippen molar-refractivity contribution in [3.05, 3.63) is 59.7 Å². The maximum atomic E-state index is 12.8. The van der Waals surface area contributed by atoms with E-state index in [1.165, 1.54) is 40.7 Å². The molecule has 2 aromatic carbocycles. The fourth-order valence-corrected chi connectivity index (χ4v) is 4.38. The highest BCUT2D eigenvalue weighted by Gasteiger charge is 2.23. The van der Waals surface area contributed by atoms with Crippen LogP contribution in [0.15, 0.2) is 53.4 Å². The van der Waals surface area contributed by atoms with Crippen LogP contribution in [0.5, 0.6) is 0 Å². The molecule has 0 fully saturated rings. The first-order chi connectivity index (χ1) is 13.3. The van der Waals surface area contributed by atoms with Crippen LogP contribution in [0.1, 0.15) is 47.4 Å². The molecule has 0 aliphatic carbocycles. The number of sulfonamides is 1. The third-order valence-corrected chi connectivity index (χ3v) is 6.02. The van der Waals surface area contributed by atoms with Crippen molar-refractivity contribution in [2.75, 3.05) is 18.4 Å². The van der Waals surface area contributed by atoms with Gasteiger partial charge in [0, 0.05) is 18.7 Å². The van der Waals surface area contributed by atoms with Gasteiger partial charge in [-0.25, -0.2) is 13.2 Å². The molecule has 2 rings (SSSR count). The highest BCUT2D eigenvalue weighted by Crippen LogP contribution is 2.19. The molecule has 8 heteroatoms. The van der Waals surface area contributed by atoms with Gasteiger partial charge in [-0.3, -0.25) is 4.79 Å². The molecule has 0 aliphatic heterocycles. The van der Waals surface area contributed by atoms with E-state index in [1.807, 2.05) is 13.8 Å². The minimum atomic E-state index is -3.62. The number of nitrogens with one attached hydrogen (secondary N) is 1. The molecule has 150 valence electrons. The van der Waals surface area contributed by atoms with Gasteiger partial charge in [0.1, 0.15) is 0 Å². The quantitative estimate of drug-likeness (QED) is 0.666. The largest absolute Gasteiger partial charge is 0.478 e. The number of para-hydroxylation sites is 1. The molecule has 0 heterocycles. The van der Waals surface area contributed by atoms with E-state index in [0.29, 0.717) is 25.9 Å². The molecule has 0 spiro atoms. The lowest BCUT2D eigenvalue weighted by atomic mass is 10.1. The van der Waals surface area contributed by atoms with Crippen LogP contribution in [-0.2, 0) is 10.0 Å². The van der Waals surface area contributed by atoms with Gasteiger partial charge >= 0.3 is 5.97 Å². The summed E-state index contributed by atoms with van der Waals surface area (Å²) in [5, 5.41) is 11.7. The number of carbonyl (C=O) groups excluding carboxylic acids is 1. The van der Waals surface area contributed by atoms with Crippen molar-refractivity contribution in [1.29, 1.82) is 0 Å². The van der Waals surface area contributed by atoms with Gasteiger partial charge in [-0.05, 0) is 49.2 Å². The first-order valence-electron chi connectivity index (χ1n) is 9.05. The van der Waals surface area contributed by atoms with E-state index in [-0.39, 0.29) is 21.7 Å². The second-order valence-corrected chi connectivity index (χ2v) is 8.17. The van der Waals surface area contributed by atoms with Gasteiger partial charge in [0.25, 0.3) is 5.91 Å². The van der Waals surface area contributed by atoms with Crippen molar-refractivity contribution in [3.8, 4) is 0 Å². The van der Waals surface area contributed by atoms with E-state index >= 15 is 0 Å². The fraction of sp³-hybridized carbons (Fsp3) is 0.300. The first-order valence-corrected chi connectivity index (χ1v) is 10.5. The molecular weight excluding hydrogens is 380 g/mol. The first kappa shape index (κ1) is 21.6. The summed E-state index contributed by atoms with van der Waals surface area (Å²) in [5.74, 6) is -1.67. The summed E-state index contributed by atoms with van der Waals surface area (Å²) in [6.45, 7) is 4.70. The molecule has 0 atom stereocenters. The zero-order valence-electron chi connectivity index (χ0n) is 15.9. The van der Waals surface area contributed by atoms with Crippen molar-refractivity contribution in [1.82, 2.24) is 4.31 Å². The second-order valence-electron chi connectivity index (χ2n) is 6.23. The lowest BCUT2D eigenvalue weighted by molar-refractivity contribution is 0.0698. The number of nitrogens with zero attached hydrogens (tertiary/aromatic N) is 1. The monoisotopic (exact) mass is 404 g/mol. The molecule has 0 saturated heterocycles. The zero-order chi connectivity index (χ0) is 20.7. The minimum Gasteiger partial charge on any atom is -0.478 e. The van der Waals surface area contributed by atoms with E-state index in [1.54, 1.807) is 12.1 Å². The van der Waals surface area contributed by atoms with Gasteiger partial charge in [0.15, 0.2) is 0 Å². The smallest absolute Gasteiger partial charge is 0.337 e. The number of aromatic carboxylic acids is 1. The number of hydrogen-bond donors (Lipinski definition) is 2. The van der Waals surface area contributed by atoms with Crippen LogP contribution in [0.3, 0.4) is 0 Å². The van der Waals surface area contributed by atoms with Gasteiger partial charge in [-0.15, -0.1) is 0 Å². The number of hydrogen-bond acceptors (Lipinski definition) is 4. The Morgan fingerprint density at radius 2 is 1.54 bits per heavy atom. The SMILES string of the molecule is CCCN(CCC)S(=O)(=O)c1ccc(C(=O)Nc2ccccc2C(=O)O)cc1. The fourth-order valence-electron chi connectivity index (χ4n) is 2.75. The summed E-state index contributed by atoms with van der Waals surface area (Å²) in [6.07, 6.45) is 1.42. The molecule has 0 unspecified atom stereocenters. The number of carboxylic acids is 1. The third-order valence-electron chi connectivity index (χ3n) is 4.11. The van der Waals surface area contributed by atoms with E-state index < -0.39 is 21.9 Å². The molecule has 2 aromatic rings. The normalized spacial score (nSPS) is 11.4. The number of benzene rings is 2. The maximum Gasteiger partial charge on any atom is 0.337 e. The third kappa shape index (κ3) is 4.96. The van der Waals surface area contributed by atoms with Crippen LogP contribution in [0.2, 0.25) is 0 Å². The Kier molecular flexibility index (Phi) is 7.31. The summed E-state index contributed by atoms with van der Waals surface area (Å²) >= 11 is 0. The van der Waals surface area contributed by atoms with Gasteiger partial charge in [-0.2, -0.15) is 4.31 Å². The van der Waals surface area contributed by atoms with Crippen molar-refractivity contribution in [3.63, 3.8) is 0 Å². The predicted molar refractivity (Wildman–Crippen MR) is 107 cm³/mol. The second kappa shape index (κ2) is 9.48. The van der Waals surface area contributed by atoms with E-state index in [2.05, 4.69) is 5.32 Å². The summed E-state index contributed by atoms with van der Waals surface area (Å²) in [7, 11) is -3.62. The topological polar surface area (TPSA) is 104 Å². The van der Waals surface area contributed by atoms with Gasteiger partial charge < -0.3 is 10.4 Å². The molecule has 2 N–H and O–H groups in total. The van der Waals surface area contributed by atoms with Gasteiger partial charge in [-0.1, -0.05) is 26.0 Å². The Labute approximate surface area is 165 Å². The van der Waals surface area contributed by atoms with Crippen LogP contribution in [0.25, 0.3) is 0 Å². The minimum absolute atomic E-state index is 0.0233. The Hall–Kier alpha value is -2.71. The van der Waals surface area contributed by atoms with Crippen molar-refractivity contribution >= 4 is 27.6 Å². The standard InChI is InChI=1S/C20H24N2O5S/c1-3-13-22(14-4-2)28(26,27)16-11-9-15(10-12-16)19(23)21-18-8-6-5-7-17(18)20(24)25/h5-12H,3-4,13-14H2,1-2H3,(H,21,23)(H,24,25). The number of amides is 1. The number of carboxylic acid groups (broad SMARTS) is 1. The number of rotatable bonds is 9. The molecule has 1 amide bonds. The van der Waals surface area contributed by atoms with Crippen LogP contribution in [0, 0.1) is 0 Å². The van der Waals surface area contributed by atoms with E-state index in [9.17, 15) is 23.1 Å². The molecular formula is C20H24N2O5S. The molecule has 0 aromatic heterocycles. The predicted octanol–water partition coefficient (Wildman–Crippen LogP) is 3.45. The molecule has 0 bridgehead atoms. The lowest BCUT2D eigenvalue weighted by Crippen LogP contribution is -2.32. The van der Waals surface area contributed by atoms with Crippen LogP contribution in [-0.4, -0.2) is 42.8 Å². The lowest BCUT2D eigenvalue weighted by Gasteiger charge is -2.21. The Bertz CT molecular complexity index is 933. The Morgan fingerprint density at radius 1 is 0.964 bits per heavy atom. The van der Waals surface area contributed by atoms with Gasteiger partial charge in [0.05, 0.1) is 16.1 Å². The molecule has 0 saturated carbocycles. The Morgan fingerprint density at radius 3 is 2.07 bits per heavy atom. The highest BCUT2D eigenvalue weighted by molar-refractivity contribution is 7.89. The average Bonchev–Trinajstić information content (AvgIpc) is 2.68. The molecule has 0 aliphatic rings. The maximum absolute atomic E-state index is 12.8. The average molecular weight is 404 g/mol. The highest BCUT2D eigenvalue weighted by atomic mass is 32.2. The molecule has 0 radical (unpaired) electrons. The van der Waals surface area contributed by atoms with Gasteiger partial charge in [0.2, 0.25) is 10.0 Å². The number of carbonyl (C=O) groups is 2. The van der Waals surface area contributed by atoms with Crippen LogP contribution < -0.4 is 5.32 Å². The van der Waals surface area contributed by atoms with Crippen LogP contribution >= 0.6 is 0 Å². The van der Waals surface area contributed by atoms with Crippen LogP contribution in [0.4, 0.5) is 5.69 Å². The summed E-state index contributed by atoms with van der Waals surface area (Å²) in [4.78, 5) is 23.8.